The third-order valence-electron chi connectivity index (χ3n) is 0.490. The van der Waals surface area contributed by atoms with E-state index in [4.69, 9.17) is 0 Å². The first-order valence-electron chi connectivity index (χ1n) is 2.52. The van der Waals surface area contributed by atoms with Gasteiger partial charge in [-0.1, -0.05) is 6.92 Å². The molecule has 1 radical (unpaired) electrons. The molecule has 0 aromatic heterocycles. The molecule has 2 heteroatoms. The van der Waals surface area contributed by atoms with E-state index < -0.39 is 0 Å². The second-order valence-corrected chi connectivity index (χ2v) is 1.32. The van der Waals surface area contributed by atoms with Crippen molar-refractivity contribution in [2.45, 2.75) is 20.3 Å². The van der Waals surface area contributed by atoms with E-state index in [0.717, 1.165) is 6.42 Å². The van der Waals surface area contributed by atoms with Crippen molar-refractivity contribution in [2.24, 2.45) is 0 Å². The molecule has 0 aromatic carbocycles. The van der Waals surface area contributed by atoms with Gasteiger partial charge in [0, 0.05) is 6.92 Å². The highest BCUT2D eigenvalue weighted by atomic mass is 16.5. The van der Waals surface area contributed by atoms with E-state index in [2.05, 4.69) is 11.0 Å². The first-order chi connectivity index (χ1) is 3.77. The smallest absolute Gasteiger partial charge is 0.308 e. The van der Waals surface area contributed by atoms with Gasteiger partial charge in [0.1, 0.15) is 0 Å². The Labute approximate surface area is 49.1 Å². The summed E-state index contributed by atoms with van der Waals surface area (Å²) in [6.07, 6.45) is 4.85. The number of allylic oxidation sites excluding steroid dienone is 1. The molecule has 0 heterocycles. The van der Waals surface area contributed by atoms with Crippen molar-refractivity contribution >= 4 is 5.97 Å². The standard InChI is InChI=1S/C6H9O2/c1-3-4-5-8-6(2)7/h4H,3H2,1-2H3. The largest absolute Gasteiger partial charge is 0.423 e. The summed E-state index contributed by atoms with van der Waals surface area (Å²) in [5, 5.41) is 0. The highest BCUT2D eigenvalue weighted by molar-refractivity contribution is 5.66. The number of esters is 1. The molecule has 0 atom stereocenters. The van der Waals surface area contributed by atoms with E-state index in [1.54, 1.807) is 6.08 Å². The van der Waals surface area contributed by atoms with E-state index in [1.165, 1.54) is 6.92 Å². The van der Waals surface area contributed by atoms with Gasteiger partial charge >= 0.3 is 5.97 Å². The third-order valence-corrected chi connectivity index (χ3v) is 0.490. The maximum absolute atomic E-state index is 10.0. The van der Waals surface area contributed by atoms with Crippen molar-refractivity contribution in [2.75, 3.05) is 0 Å². The van der Waals surface area contributed by atoms with Crippen LogP contribution in [0.3, 0.4) is 0 Å². The molecule has 0 aliphatic rings. The van der Waals surface area contributed by atoms with Crippen LogP contribution < -0.4 is 0 Å². The second-order valence-electron chi connectivity index (χ2n) is 1.32. The Hall–Kier alpha value is -0.790. The van der Waals surface area contributed by atoms with Crippen LogP contribution in [0, 0.1) is 6.26 Å². The van der Waals surface area contributed by atoms with Gasteiger partial charge in [-0.2, -0.15) is 0 Å². The number of rotatable bonds is 2. The lowest BCUT2D eigenvalue weighted by molar-refractivity contribution is -0.136. The van der Waals surface area contributed by atoms with E-state index in [1.807, 2.05) is 6.92 Å². The third kappa shape index (κ3) is 5.21. The SMILES string of the molecule is CC/C=[C]\OC(C)=O. The highest BCUT2D eigenvalue weighted by Gasteiger charge is 1.82. The molecular weight excluding hydrogens is 104 g/mol. The minimum Gasteiger partial charge on any atom is -0.423 e. The van der Waals surface area contributed by atoms with Crippen molar-refractivity contribution in [3.63, 3.8) is 0 Å². The van der Waals surface area contributed by atoms with Gasteiger partial charge in [-0.05, 0) is 12.5 Å². The summed E-state index contributed by atoms with van der Waals surface area (Å²) < 4.78 is 4.34. The van der Waals surface area contributed by atoms with Crippen LogP contribution >= 0.6 is 0 Å². The van der Waals surface area contributed by atoms with Gasteiger partial charge in [0.2, 0.25) is 0 Å². The molecule has 0 bridgehead atoms. The zero-order valence-electron chi connectivity index (χ0n) is 5.10. The highest BCUT2D eigenvalue weighted by Crippen LogP contribution is 1.80. The van der Waals surface area contributed by atoms with Crippen LogP contribution in [-0.4, -0.2) is 5.97 Å². The van der Waals surface area contributed by atoms with Gasteiger partial charge in [-0.15, -0.1) is 0 Å². The van der Waals surface area contributed by atoms with Crippen LogP contribution in [0.1, 0.15) is 20.3 Å². The van der Waals surface area contributed by atoms with Crippen molar-refractivity contribution in [3.05, 3.63) is 12.3 Å². The van der Waals surface area contributed by atoms with Crippen molar-refractivity contribution in [3.8, 4) is 0 Å². The van der Waals surface area contributed by atoms with E-state index in [-0.39, 0.29) is 5.97 Å². The molecule has 0 spiro atoms. The normalized spacial score (nSPS) is 9.75. The first kappa shape index (κ1) is 7.21. The molecule has 45 valence electrons. The Morgan fingerprint density at radius 1 is 1.88 bits per heavy atom. The van der Waals surface area contributed by atoms with Crippen molar-refractivity contribution < 1.29 is 9.53 Å². The van der Waals surface area contributed by atoms with Gasteiger partial charge in [-0.25, -0.2) is 0 Å². The number of carbonyl (C=O) groups is 1. The fourth-order valence-electron chi connectivity index (χ4n) is 0.208. The van der Waals surface area contributed by atoms with Crippen LogP contribution in [0.4, 0.5) is 0 Å². The number of ether oxygens (including phenoxy) is 1. The Bertz CT molecular complexity index is 94.7. The molecule has 0 rings (SSSR count). The van der Waals surface area contributed by atoms with E-state index in [0.29, 0.717) is 0 Å². The second kappa shape index (κ2) is 4.37. The van der Waals surface area contributed by atoms with Gasteiger partial charge in [0.05, 0.1) is 0 Å². The van der Waals surface area contributed by atoms with Crippen molar-refractivity contribution in [1.82, 2.24) is 0 Å². The van der Waals surface area contributed by atoms with E-state index >= 15 is 0 Å². The fourth-order valence-corrected chi connectivity index (χ4v) is 0.208. The minimum absolute atomic E-state index is 0.324. The van der Waals surface area contributed by atoms with Crippen LogP contribution in [0.5, 0.6) is 0 Å². The molecule has 2 nitrogen and oxygen atoms in total. The zero-order chi connectivity index (χ0) is 6.41. The maximum Gasteiger partial charge on any atom is 0.308 e. The summed E-state index contributed by atoms with van der Waals surface area (Å²) >= 11 is 0. The maximum atomic E-state index is 10.0. The molecule has 0 aliphatic carbocycles. The summed E-state index contributed by atoms with van der Waals surface area (Å²) in [7, 11) is 0. The summed E-state index contributed by atoms with van der Waals surface area (Å²) in [6.45, 7) is 3.28. The molecule has 0 N–H and O–H groups in total. The average Bonchev–Trinajstić information content (AvgIpc) is 1.66. The Morgan fingerprint density at radius 2 is 2.50 bits per heavy atom. The van der Waals surface area contributed by atoms with Gasteiger partial charge in [-0.3, -0.25) is 4.79 Å². The van der Waals surface area contributed by atoms with Crippen LogP contribution in [0.2, 0.25) is 0 Å². The molecule has 0 aliphatic heterocycles. The molecular formula is C6H9O2. The minimum atomic E-state index is -0.324. The number of hydrogen-bond donors (Lipinski definition) is 0. The topological polar surface area (TPSA) is 26.3 Å². The average molecular weight is 113 g/mol. The zero-order valence-corrected chi connectivity index (χ0v) is 5.10. The summed E-state index contributed by atoms with van der Waals surface area (Å²) in [6, 6.07) is 0. The summed E-state index contributed by atoms with van der Waals surface area (Å²) in [5.41, 5.74) is 0. The summed E-state index contributed by atoms with van der Waals surface area (Å²) in [5.74, 6) is -0.324. The van der Waals surface area contributed by atoms with Gasteiger partial charge < -0.3 is 4.74 Å². The van der Waals surface area contributed by atoms with Crippen LogP contribution in [0.15, 0.2) is 6.08 Å². The lowest BCUT2D eigenvalue weighted by atomic mass is 10.5. The molecule has 0 unspecified atom stereocenters. The molecule has 0 saturated heterocycles. The lowest BCUT2D eigenvalue weighted by Crippen LogP contribution is -1.89. The Morgan fingerprint density at radius 3 is 2.88 bits per heavy atom. The quantitative estimate of drug-likeness (QED) is 0.398. The van der Waals surface area contributed by atoms with Gasteiger partial charge in [0.15, 0.2) is 6.26 Å². The number of carbonyl (C=O) groups excluding carboxylic acids is 1. The molecule has 0 saturated carbocycles. The van der Waals surface area contributed by atoms with Crippen LogP contribution in [-0.2, 0) is 9.53 Å². The van der Waals surface area contributed by atoms with Gasteiger partial charge in [0.25, 0.3) is 0 Å². The van der Waals surface area contributed by atoms with Crippen molar-refractivity contribution in [1.29, 1.82) is 0 Å². The monoisotopic (exact) mass is 113 g/mol. The Balaban J connectivity index is 3.16. The summed E-state index contributed by atoms with van der Waals surface area (Å²) in [4.78, 5) is 10.0. The molecule has 0 aromatic rings. The fraction of sp³-hybridized carbons (Fsp3) is 0.500. The van der Waals surface area contributed by atoms with E-state index in [9.17, 15) is 4.79 Å². The lowest BCUT2D eigenvalue weighted by Gasteiger charge is -1.84. The molecule has 0 amide bonds. The predicted molar refractivity (Wildman–Crippen MR) is 29.9 cm³/mol. The predicted octanol–water partition coefficient (Wildman–Crippen LogP) is 1.28. The molecule has 0 fully saturated rings. The number of hydrogen-bond acceptors (Lipinski definition) is 2. The van der Waals surface area contributed by atoms with Crippen LogP contribution in [0.25, 0.3) is 0 Å². The first-order valence-corrected chi connectivity index (χ1v) is 2.52. The Kier molecular flexibility index (Phi) is 3.94. The molecule has 8 heavy (non-hydrogen) atoms.